The Kier molecular flexibility index (Phi) is 2.33. The SMILES string of the molecule is C=[N+]1CC[C@]23c4c5ccc(OC)c4O[C@H]2C(=O)CCC3(O)[C@H]1C5. The standard InChI is InChI=1S/C18H20NO4/c1-19-8-7-17-14-10-3-4-12(22-2)15(14)23-16(17)11(20)5-6-18(17,21)13(19)9-10/h3-4,13,16,21H,1,5-9H2,2H3/q+1/t13-,16+,17+,18?/m1/s1. The van der Waals surface area contributed by atoms with E-state index in [1.165, 1.54) is 0 Å². The molecular formula is C18H20NO4+. The summed E-state index contributed by atoms with van der Waals surface area (Å²) in [5, 5.41) is 11.7. The van der Waals surface area contributed by atoms with Crippen LogP contribution in [0, 0.1) is 0 Å². The molecule has 1 spiro atoms. The minimum Gasteiger partial charge on any atom is -0.493 e. The van der Waals surface area contributed by atoms with Gasteiger partial charge in [0.25, 0.3) is 0 Å². The van der Waals surface area contributed by atoms with Crippen LogP contribution in [0.25, 0.3) is 0 Å². The number of aliphatic hydroxyl groups is 1. The Balaban J connectivity index is 1.87. The lowest BCUT2D eigenvalue weighted by molar-refractivity contribution is -0.602. The molecule has 0 amide bonds. The molecule has 0 radical (unpaired) electrons. The molecule has 1 unspecified atom stereocenters. The molecule has 0 aromatic heterocycles. The summed E-state index contributed by atoms with van der Waals surface area (Å²) in [4.78, 5) is 12.6. The highest BCUT2D eigenvalue weighted by atomic mass is 16.5. The number of methoxy groups -OCH3 is 1. The molecule has 2 heterocycles. The topological polar surface area (TPSA) is 58.8 Å². The first-order valence-electron chi connectivity index (χ1n) is 8.22. The van der Waals surface area contributed by atoms with Gasteiger partial charge in [-0.25, -0.2) is 4.58 Å². The molecule has 2 bridgehead atoms. The van der Waals surface area contributed by atoms with Gasteiger partial charge in [0.2, 0.25) is 0 Å². The monoisotopic (exact) mass is 314 g/mol. The van der Waals surface area contributed by atoms with Crippen molar-refractivity contribution in [1.82, 2.24) is 0 Å². The smallest absolute Gasteiger partial charge is 0.185 e. The Morgan fingerprint density at radius 1 is 1.43 bits per heavy atom. The van der Waals surface area contributed by atoms with Gasteiger partial charge in [0, 0.05) is 24.8 Å². The van der Waals surface area contributed by atoms with E-state index in [9.17, 15) is 9.90 Å². The molecule has 1 saturated carbocycles. The molecule has 1 N–H and O–H groups in total. The van der Waals surface area contributed by atoms with Crippen LogP contribution < -0.4 is 9.47 Å². The second-order valence-corrected chi connectivity index (χ2v) is 7.27. The molecule has 2 aliphatic carbocycles. The van der Waals surface area contributed by atoms with Gasteiger partial charge in [0.1, 0.15) is 18.9 Å². The van der Waals surface area contributed by atoms with Crippen molar-refractivity contribution in [1.29, 1.82) is 0 Å². The average Bonchev–Trinajstić information content (AvgIpc) is 2.90. The van der Waals surface area contributed by atoms with Crippen molar-refractivity contribution in [2.75, 3.05) is 13.7 Å². The van der Waals surface area contributed by atoms with Gasteiger partial charge in [-0.2, -0.15) is 0 Å². The lowest BCUT2D eigenvalue weighted by Crippen LogP contribution is -2.75. The summed E-state index contributed by atoms with van der Waals surface area (Å²) in [5.74, 6) is 1.41. The zero-order valence-electron chi connectivity index (χ0n) is 13.2. The molecule has 5 nitrogen and oxygen atoms in total. The van der Waals surface area contributed by atoms with E-state index in [2.05, 4.69) is 12.8 Å². The third-order valence-electron chi connectivity index (χ3n) is 6.57. The fourth-order valence-electron chi connectivity index (χ4n) is 5.56. The molecule has 1 aromatic carbocycles. The number of carbonyl (C=O) groups is 1. The summed E-state index contributed by atoms with van der Waals surface area (Å²) in [5.41, 5.74) is 0.567. The molecule has 2 fully saturated rings. The predicted molar refractivity (Wildman–Crippen MR) is 82.6 cm³/mol. The second kappa shape index (κ2) is 3.96. The predicted octanol–water partition coefficient (Wildman–Crippen LogP) is 0.829. The van der Waals surface area contributed by atoms with Crippen LogP contribution in [0.3, 0.4) is 0 Å². The van der Waals surface area contributed by atoms with Crippen molar-refractivity contribution in [3.05, 3.63) is 23.3 Å². The summed E-state index contributed by atoms with van der Waals surface area (Å²) < 4.78 is 13.6. The molecular weight excluding hydrogens is 294 g/mol. The Morgan fingerprint density at radius 2 is 2.26 bits per heavy atom. The quantitative estimate of drug-likeness (QED) is 0.780. The normalized spacial score (nSPS) is 39.7. The average molecular weight is 314 g/mol. The molecule has 4 aliphatic rings. The Labute approximate surface area is 134 Å². The molecule has 2 aliphatic heterocycles. The number of nitrogens with zero attached hydrogens (tertiary/aromatic N) is 1. The van der Waals surface area contributed by atoms with Crippen LogP contribution in [0.5, 0.6) is 11.5 Å². The number of Topliss-reactive ketones (excluding diaryl/α,β-unsaturated/α-hetero) is 1. The van der Waals surface area contributed by atoms with Crippen LogP contribution in [0.2, 0.25) is 0 Å². The summed E-state index contributed by atoms with van der Waals surface area (Å²) in [6.07, 6.45) is 1.67. The van der Waals surface area contributed by atoms with Crippen molar-refractivity contribution in [3.8, 4) is 11.5 Å². The van der Waals surface area contributed by atoms with E-state index in [0.29, 0.717) is 30.8 Å². The maximum absolute atomic E-state index is 12.6. The van der Waals surface area contributed by atoms with Crippen molar-refractivity contribution in [2.24, 2.45) is 0 Å². The summed E-state index contributed by atoms with van der Waals surface area (Å²) in [6, 6.07) is 3.89. The molecule has 1 aromatic rings. The molecule has 4 atom stereocenters. The lowest BCUT2D eigenvalue weighted by Gasteiger charge is -2.56. The van der Waals surface area contributed by atoms with Crippen LogP contribution >= 0.6 is 0 Å². The number of piperidine rings is 1. The van der Waals surface area contributed by atoms with E-state index < -0.39 is 17.1 Å². The summed E-state index contributed by atoms with van der Waals surface area (Å²) >= 11 is 0. The number of benzene rings is 1. The van der Waals surface area contributed by atoms with E-state index in [0.717, 1.165) is 24.1 Å². The highest BCUT2D eigenvalue weighted by molar-refractivity contribution is 5.90. The maximum Gasteiger partial charge on any atom is 0.185 e. The fourth-order valence-corrected chi connectivity index (χ4v) is 5.56. The van der Waals surface area contributed by atoms with Gasteiger partial charge in [-0.1, -0.05) is 6.07 Å². The largest absolute Gasteiger partial charge is 0.493 e. The first-order chi connectivity index (χ1) is 11.0. The van der Waals surface area contributed by atoms with Gasteiger partial charge in [-0.05, 0) is 18.1 Å². The van der Waals surface area contributed by atoms with E-state index in [-0.39, 0.29) is 11.8 Å². The number of rotatable bonds is 1. The Bertz CT molecular complexity index is 773. The molecule has 23 heavy (non-hydrogen) atoms. The van der Waals surface area contributed by atoms with E-state index in [1.54, 1.807) is 7.11 Å². The van der Waals surface area contributed by atoms with E-state index in [1.807, 2.05) is 10.6 Å². The maximum atomic E-state index is 12.6. The first-order valence-corrected chi connectivity index (χ1v) is 8.22. The van der Waals surface area contributed by atoms with Crippen molar-refractivity contribution in [2.45, 2.75) is 48.8 Å². The van der Waals surface area contributed by atoms with Gasteiger partial charge >= 0.3 is 0 Å². The van der Waals surface area contributed by atoms with Crippen molar-refractivity contribution < 1.29 is 24.0 Å². The van der Waals surface area contributed by atoms with Gasteiger partial charge in [-0.3, -0.25) is 4.79 Å². The fraction of sp³-hybridized carbons (Fsp3) is 0.556. The number of hydrogen-bond donors (Lipinski definition) is 1. The van der Waals surface area contributed by atoms with E-state index in [4.69, 9.17) is 9.47 Å². The number of ether oxygens (including phenoxy) is 2. The van der Waals surface area contributed by atoms with Crippen molar-refractivity contribution in [3.63, 3.8) is 0 Å². The molecule has 5 heteroatoms. The molecule has 120 valence electrons. The van der Waals surface area contributed by atoms with Crippen LogP contribution in [0.4, 0.5) is 0 Å². The number of carbonyl (C=O) groups excluding carboxylic acids is 1. The number of hydrogen-bond acceptors (Lipinski definition) is 4. The minimum atomic E-state index is -0.962. The van der Waals surface area contributed by atoms with Crippen molar-refractivity contribution >= 4 is 12.5 Å². The first kappa shape index (κ1) is 13.5. The Hall–Kier alpha value is -1.88. The van der Waals surface area contributed by atoms with Crippen LogP contribution in [-0.2, 0) is 16.6 Å². The van der Waals surface area contributed by atoms with Gasteiger partial charge in [0.15, 0.2) is 29.4 Å². The van der Waals surface area contributed by atoms with Crippen LogP contribution in [0.1, 0.15) is 30.4 Å². The van der Waals surface area contributed by atoms with Gasteiger partial charge in [0.05, 0.1) is 12.5 Å². The third-order valence-corrected chi connectivity index (χ3v) is 6.57. The highest BCUT2D eigenvalue weighted by Gasteiger charge is 2.75. The summed E-state index contributed by atoms with van der Waals surface area (Å²) in [6.45, 7) is 4.90. The zero-order valence-corrected chi connectivity index (χ0v) is 13.2. The third kappa shape index (κ3) is 1.27. The van der Waals surface area contributed by atoms with E-state index >= 15 is 0 Å². The summed E-state index contributed by atoms with van der Waals surface area (Å²) in [7, 11) is 1.61. The number of ketones is 1. The van der Waals surface area contributed by atoms with Gasteiger partial charge in [-0.15, -0.1) is 0 Å². The molecule has 1 saturated heterocycles. The van der Waals surface area contributed by atoms with Crippen LogP contribution in [-0.4, -0.2) is 53.6 Å². The minimum absolute atomic E-state index is 0.0673. The molecule has 5 rings (SSSR count). The Morgan fingerprint density at radius 3 is 3.04 bits per heavy atom. The second-order valence-electron chi connectivity index (χ2n) is 7.27. The van der Waals surface area contributed by atoms with Gasteiger partial charge < -0.3 is 14.6 Å². The highest BCUT2D eigenvalue weighted by Crippen LogP contribution is 2.64. The van der Waals surface area contributed by atoms with Crippen LogP contribution in [0.15, 0.2) is 12.1 Å². The lowest BCUT2D eigenvalue weighted by atomic mass is 9.49. The zero-order chi connectivity index (χ0) is 16.0.